The van der Waals surface area contributed by atoms with Crippen molar-refractivity contribution in [3.8, 4) is 0 Å². The lowest BCUT2D eigenvalue weighted by atomic mass is 9.89. The number of hydrogen-bond donors (Lipinski definition) is 2. The van der Waals surface area contributed by atoms with Gasteiger partial charge >= 0.3 is 0 Å². The Balaban J connectivity index is 0.00000300. The van der Waals surface area contributed by atoms with E-state index in [2.05, 4.69) is 20.5 Å². The summed E-state index contributed by atoms with van der Waals surface area (Å²) >= 11 is 0. The van der Waals surface area contributed by atoms with Crippen LogP contribution < -0.4 is 10.6 Å². The molecule has 0 aromatic rings. The number of nitrogens with one attached hydrogen (secondary N) is 2. The van der Waals surface area contributed by atoms with Crippen LogP contribution in [0.15, 0.2) is 4.99 Å². The number of guanidine groups is 1. The average molecular weight is 539 g/mol. The van der Waals surface area contributed by atoms with Crippen molar-refractivity contribution in [2.24, 2.45) is 10.9 Å². The molecule has 0 bridgehead atoms. The third-order valence-electron chi connectivity index (χ3n) is 7.07. The second-order valence-corrected chi connectivity index (χ2v) is 11.1. The number of halogens is 1. The van der Waals surface area contributed by atoms with Gasteiger partial charge in [0.05, 0.1) is 0 Å². The van der Waals surface area contributed by atoms with Crippen molar-refractivity contribution in [3.05, 3.63) is 0 Å². The summed E-state index contributed by atoms with van der Waals surface area (Å²) in [6.45, 7) is 5.59. The predicted molar refractivity (Wildman–Crippen MR) is 136 cm³/mol. The van der Waals surface area contributed by atoms with E-state index in [4.69, 9.17) is 0 Å². The maximum Gasteiger partial charge on any atom is 0.191 e. The summed E-state index contributed by atoms with van der Waals surface area (Å²) in [4.78, 5) is 7.21. The minimum absolute atomic E-state index is 0. The lowest BCUT2D eigenvalue weighted by Crippen LogP contribution is -2.50. The summed E-state index contributed by atoms with van der Waals surface area (Å²) in [5.41, 5.74) is 0. The van der Waals surface area contributed by atoms with Crippen LogP contribution in [-0.4, -0.2) is 64.8 Å². The first-order valence-electron chi connectivity index (χ1n) is 11.8. The Hall–Kier alpha value is 0.110. The highest BCUT2D eigenvalue weighted by molar-refractivity contribution is 14.0. The van der Waals surface area contributed by atoms with Gasteiger partial charge in [-0.05, 0) is 57.4 Å². The van der Waals surface area contributed by atoms with E-state index in [0.29, 0.717) is 17.3 Å². The highest BCUT2D eigenvalue weighted by Crippen LogP contribution is 2.27. The molecule has 0 amide bonds. The van der Waals surface area contributed by atoms with Crippen LogP contribution in [0.3, 0.4) is 0 Å². The molecule has 0 aromatic heterocycles. The molecule has 2 N–H and O–H groups in total. The second-order valence-electron chi connectivity index (χ2n) is 9.05. The van der Waals surface area contributed by atoms with Crippen molar-refractivity contribution >= 4 is 40.7 Å². The normalized spacial score (nSPS) is 30.6. The first-order valence-corrected chi connectivity index (χ1v) is 13.2. The summed E-state index contributed by atoms with van der Waals surface area (Å²) in [5, 5.41) is 7.58. The molecule has 7 heteroatoms. The molecule has 5 nitrogen and oxygen atoms in total. The molecule has 0 spiro atoms. The lowest BCUT2D eigenvalue weighted by Gasteiger charge is -2.32. The molecule has 4 unspecified atom stereocenters. The van der Waals surface area contributed by atoms with Gasteiger partial charge in [0.1, 0.15) is 0 Å². The highest BCUT2D eigenvalue weighted by Gasteiger charge is 2.29. The first-order chi connectivity index (χ1) is 13.7. The summed E-state index contributed by atoms with van der Waals surface area (Å²) in [6.07, 6.45) is 14.3. The molecule has 3 rings (SSSR count). The fourth-order valence-corrected chi connectivity index (χ4v) is 6.77. The molecule has 4 atom stereocenters. The number of hydrogen-bond acceptors (Lipinski definition) is 3. The van der Waals surface area contributed by atoms with E-state index in [9.17, 15) is 4.21 Å². The van der Waals surface area contributed by atoms with Gasteiger partial charge in [-0.2, -0.15) is 0 Å². The Kier molecular flexibility index (Phi) is 11.8. The zero-order valence-corrected chi connectivity index (χ0v) is 21.7. The molecular formula is C22H43IN4OS. The van der Waals surface area contributed by atoms with Crippen LogP contribution in [0, 0.1) is 5.92 Å². The van der Waals surface area contributed by atoms with Crippen molar-refractivity contribution in [1.29, 1.82) is 0 Å². The molecule has 3 fully saturated rings. The van der Waals surface area contributed by atoms with Crippen LogP contribution in [0.25, 0.3) is 0 Å². The molecule has 1 saturated heterocycles. The Bertz CT molecular complexity index is 527. The van der Waals surface area contributed by atoms with Crippen LogP contribution in [0.2, 0.25) is 0 Å². The molecule has 1 heterocycles. The Morgan fingerprint density at radius 2 is 1.86 bits per heavy atom. The third kappa shape index (κ3) is 7.95. The first kappa shape index (κ1) is 25.4. The van der Waals surface area contributed by atoms with Crippen LogP contribution in [0.5, 0.6) is 0 Å². The third-order valence-corrected chi connectivity index (χ3v) is 8.81. The van der Waals surface area contributed by atoms with Gasteiger partial charge in [-0.1, -0.05) is 32.6 Å². The minimum atomic E-state index is -0.672. The van der Waals surface area contributed by atoms with Gasteiger partial charge in [0.15, 0.2) is 5.96 Å². The number of nitrogens with zero attached hydrogens (tertiary/aromatic N) is 2. The molecule has 170 valence electrons. The van der Waals surface area contributed by atoms with E-state index in [1.54, 1.807) is 0 Å². The van der Waals surface area contributed by atoms with Crippen molar-refractivity contribution in [1.82, 2.24) is 15.5 Å². The lowest BCUT2D eigenvalue weighted by molar-refractivity contribution is 0.188. The SMILES string of the molecule is CCS(=O)C1CCCC(NC(=NC)NCC2CCCN2CC2CCCCC2)C1.I. The van der Waals surface area contributed by atoms with E-state index in [0.717, 1.165) is 43.4 Å². The minimum Gasteiger partial charge on any atom is -0.355 e. The Morgan fingerprint density at radius 3 is 2.59 bits per heavy atom. The highest BCUT2D eigenvalue weighted by atomic mass is 127. The molecule has 0 radical (unpaired) electrons. The Labute approximate surface area is 198 Å². The molecule has 0 aromatic carbocycles. The van der Waals surface area contributed by atoms with Crippen LogP contribution in [-0.2, 0) is 10.8 Å². The van der Waals surface area contributed by atoms with Crippen molar-refractivity contribution in [2.45, 2.75) is 94.9 Å². The predicted octanol–water partition coefficient (Wildman–Crippen LogP) is 3.89. The summed E-state index contributed by atoms with van der Waals surface area (Å²) < 4.78 is 12.2. The molecule has 29 heavy (non-hydrogen) atoms. The average Bonchev–Trinajstić information content (AvgIpc) is 3.18. The Morgan fingerprint density at radius 1 is 1.07 bits per heavy atom. The summed E-state index contributed by atoms with van der Waals surface area (Å²) in [6, 6.07) is 1.05. The summed E-state index contributed by atoms with van der Waals surface area (Å²) in [7, 11) is 1.20. The van der Waals surface area contributed by atoms with Gasteiger partial charge in [0, 0.05) is 54.0 Å². The zero-order chi connectivity index (χ0) is 19.8. The molecule has 2 aliphatic carbocycles. The molecule has 1 aliphatic heterocycles. The van der Waals surface area contributed by atoms with Gasteiger partial charge < -0.3 is 10.6 Å². The van der Waals surface area contributed by atoms with E-state index < -0.39 is 10.8 Å². The zero-order valence-electron chi connectivity index (χ0n) is 18.5. The van der Waals surface area contributed by atoms with E-state index in [1.807, 2.05) is 14.0 Å². The van der Waals surface area contributed by atoms with Crippen molar-refractivity contribution in [2.75, 3.05) is 32.4 Å². The van der Waals surface area contributed by atoms with Gasteiger partial charge in [0.25, 0.3) is 0 Å². The smallest absolute Gasteiger partial charge is 0.191 e. The maximum atomic E-state index is 12.2. The van der Waals surface area contributed by atoms with Crippen molar-refractivity contribution < 1.29 is 4.21 Å². The molecular weight excluding hydrogens is 495 g/mol. The van der Waals surface area contributed by atoms with E-state index in [-0.39, 0.29) is 24.0 Å². The van der Waals surface area contributed by atoms with Gasteiger partial charge in [-0.25, -0.2) is 0 Å². The fraction of sp³-hybridized carbons (Fsp3) is 0.955. The largest absolute Gasteiger partial charge is 0.355 e. The van der Waals surface area contributed by atoms with Gasteiger partial charge in [-0.3, -0.25) is 14.1 Å². The summed E-state index contributed by atoms with van der Waals surface area (Å²) in [5.74, 6) is 2.63. The topological polar surface area (TPSA) is 56.7 Å². The quantitative estimate of drug-likeness (QED) is 0.294. The number of aliphatic imine (C=N–C) groups is 1. The molecule has 3 aliphatic rings. The van der Waals surface area contributed by atoms with Crippen LogP contribution >= 0.6 is 24.0 Å². The fourth-order valence-electron chi connectivity index (χ4n) is 5.42. The number of likely N-dealkylation sites (tertiary alicyclic amines) is 1. The monoisotopic (exact) mass is 538 g/mol. The van der Waals surface area contributed by atoms with E-state index in [1.165, 1.54) is 64.5 Å². The van der Waals surface area contributed by atoms with E-state index >= 15 is 0 Å². The second kappa shape index (κ2) is 13.5. The standard InChI is InChI=1S/C22H42N4OS.HI/c1-3-28(27)21-13-7-11-19(15-21)25-22(23-2)24-16-20-12-8-14-26(20)17-18-9-5-4-6-10-18;/h18-21H,3-17H2,1-2H3,(H2,23,24,25);1H. The van der Waals surface area contributed by atoms with Gasteiger partial charge in [0.2, 0.25) is 0 Å². The van der Waals surface area contributed by atoms with Crippen LogP contribution in [0.1, 0.15) is 77.6 Å². The molecule has 2 saturated carbocycles. The maximum absolute atomic E-state index is 12.2. The van der Waals surface area contributed by atoms with Crippen molar-refractivity contribution in [3.63, 3.8) is 0 Å². The number of rotatable bonds is 7. The van der Waals surface area contributed by atoms with Gasteiger partial charge in [-0.15, -0.1) is 24.0 Å². The van der Waals surface area contributed by atoms with Crippen LogP contribution in [0.4, 0.5) is 0 Å².